The maximum Gasteiger partial charge on any atom is 0.181 e. The lowest BCUT2D eigenvalue weighted by Gasteiger charge is -2.07. The molecule has 46 heavy (non-hydrogen) atoms. The number of hydrogen-bond acceptors (Lipinski definition) is 7. The summed E-state index contributed by atoms with van der Waals surface area (Å²) in [4.78, 5) is 17.4. The topological polar surface area (TPSA) is 129 Å². The number of aromatic amines is 2. The summed E-state index contributed by atoms with van der Waals surface area (Å²) in [6, 6.07) is 24.7. The van der Waals surface area contributed by atoms with E-state index in [0.717, 1.165) is 39.7 Å². The van der Waals surface area contributed by atoms with E-state index in [1.807, 2.05) is 60.9 Å². The van der Waals surface area contributed by atoms with Crippen LogP contribution in [0.5, 0.6) is 0 Å². The molecule has 0 radical (unpaired) electrons. The van der Waals surface area contributed by atoms with Crippen LogP contribution in [0.25, 0.3) is 55.8 Å². The number of imidazole rings is 1. The van der Waals surface area contributed by atoms with Crippen molar-refractivity contribution in [1.29, 1.82) is 0 Å². The van der Waals surface area contributed by atoms with Crippen LogP contribution in [0.15, 0.2) is 97.5 Å². The van der Waals surface area contributed by atoms with Gasteiger partial charge in [-0.1, -0.05) is 48.5 Å². The molecule has 0 aliphatic carbocycles. The lowest BCUT2D eigenvalue weighted by atomic mass is 10.0. The number of pyridine rings is 2. The van der Waals surface area contributed by atoms with E-state index in [0.29, 0.717) is 40.4 Å². The van der Waals surface area contributed by atoms with E-state index in [1.165, 1.54) is 24.0 Å². The van der Waals surface area contributed by atoms with Gasteiger partial charge in [-0.3, -0.25) is 10.1 Å². The van der Waals surface area contributed by atoms with Gasteiger partial charge in [0.2, 0.25) is 0 Å². The third-order valence-electron chi connectivity index (χ3n) is 7.82. The molecule has 3 aromatic carbocycles. The molecular weight excluding hydrogens is 601 g/mol. The quantitative estimate of drug-likeness (QED) is 0.163. The van der Waals surface area contributed by atoms with E-state index in [1.54, 1.807) is 6.20 Å². The number of fused-ring (bicyclic) bond motifs is 2. The number of nitrogens with one attached hydrogen (secondary N) is 3. The van der Waals surface area contributed by atoms with E-state index >= 15 is 0 Å². The first-order valence-corrected chi connectivity index (χ1v) is 16.8. The largest absolute Gasteiger partial charge is 0.337 e. The van der Waals surface area contributed by atoms with Crippen LogP contribution >= 0.6 is 0 Å². The van der Waals surface area contributed by atoms with Crippen LogP contribution in [0, 0.1) is 5.82 Å². The second-order valence-electron chi connectivity index (χ2n) is 11.4. The average molecular weight is 632 g/mol. The summed E-state index contributed by atoms with van der Waals surface area (Å²) < 4.78 is 38.1. The van der Waals surface area contributed by atoms with Crippen LogP contribution in [-0.2, 0) is 29.3 Å². The van der Waals surface area contributed by atoms with Gasteiger partial charge in [-0.25, -0.2) is 22.8 Å². The molecule has 0 saturated carbocycles. The fourth-order valence-electron chi connectivity index (χ4n) is 5.56. The van der Waals surface area contributed by atoms with Crippen LogP contribution in [0.3, 0.4) is 0 Å². The SMILES string of the molecule is CS(=O)(=O)CCc1cc(F)cc(-c2cccc3[nH]c(-c4[nH]nc5ncc(-c6cncc(CNCc7ccccc7)c6)cc45)nc23)c1. The Labute approximate surface area is 264 Å². The molecule has 0 amide bonds. The molecule has 0 unspecified atom stereocenters. The Morgan fingerprint density at radius 2 is 1.63 bits per heavy atom. The molecule has 9 nitrogen and oxygen atoms in total. The molecule has 3 N–H and O–H groups in total. The van der Waals surface area contributed by atoms with E-state index in [4.69, 9.17) is 4.98 Å². The minimum absolute atomic E-state index is 0.0545. The molecule has 0 aliphatic rings. The molecule has 4 aromatic heterocycles. The molecule has 0 spiro atoms. The van der Waals surface area contributed by atoms with Crippen LogP contribution < -0.4 is 5.32 Å². The molecule has 7 rings (SSSR count). The second kappa shape index (κ2) is 12.3. The molecule has 0 bridgehead atoms. The zero-order valence-electron chi connectivity index (χ0n) is 25.0. The van der Waals surface area contributed by atoms with Gasteiger partial charge in [0, 0.05) is 54.6 Å². The molecule has 11 heteroatoms. The van der Waals surface area contributed by atoms with Gasteiger partial charge in [-0.05, 0) is 59.0 Å². The number of sulfone groups is 1. The summed E-state index contributed by atoms with van der Waals surface area (Å²) in [7, 11) is -3.18. The first-order valence-electron chi connectivity index (χ1n) is 14.8. The van der Waals surface area contributed by atoms with Gasteiger partial charge in [-0.2, -0.15) is 5.10 Å². The monoisotopic (exact) mass is 631 g/mol. The smallest absolute Gasteiger partial charge is 0.181 e. The van der Waals surface area contributed by atoms with Gasteiger partial charge >= 0.3 is 0 Å². The summed E-state index contributed by atoms with van der Waals surface area (Å²) >= 11 is 0. The van der Waals surface area contributed by atoms with Crippen molar-refractivity contribution in [1.82, 2.24) is 35.5 Å². The highest BCUT2D eigenvalue weighted by atomic mass is 32.2. The summed E-state index contributed by atoms with van der Waals surface area (Å²) in [5.41, 5.74) is 8.71. The Hall–Kier alpha value is -5.26. The van der Waals surface area contributed by atoms with Gasteiger partial charge in [0.25, 0.3) is 0 Å². The zero-order chi connectivity index (χ0) is 31.7. The van der Waals surface area contributed by atoms with Gasteiger partial charge < -0.3 is 10.3 Å². The minimum Gasteiger partial charge on any atom is -0.337 e. The van der Waals surface area contributed by atoms with Gasteiger partial charge in [-0.15, -0.1) is 0 Å². The lowest BCUT2D eigenvalue weighted by molar-refractivity contribution is 0.600. The Morgan fingerprint density at radius 3 is 2.48 bits per heavy atom. The van der Waals surface area contributed by atoms with Crippen molar-refractivity contribution >= 4 is 31.9 Å². The van der Waals surface area contributed by atoms with Crippen LogP contribution in [0.1, 0.15) is 16.7 Å². The van der Waals surface area contributed by atoms with Crippen molar-refractivity contribution in [3.8, 4) is 33.8 Å². The third-order valence-corrected chi connectivity index (χ3v) is 8.76. The van der Waals surface area contributed by atoms with Crippen molar-refractivity contribution in [2.24, 2.45) is 0 Å². The molecule has 0 saturated heterocycles. The first-order chi connectivity index (χ1) is 22.3. The van der Waals surface area contributed by atoms with Crippen molar-refractivity contribution in [3.63, 3.8) is 0 Å². The Kier molecular flexibility index (Phi) is 7.85. The fraction of sp³-hybridized carbons (Fsp3) is 0.143. The third kappa shape index (κ3) is 6.42. The van der Waals surface area contributed by atoms with Gasteiger partial charge in [0.15, 0.2) is 11.5 Å². The Morgan fingerprint density at radius 1 is 0.826 bits per heavy atom. The van der Waals surface area contributed by atoms with E-state index < -0.39 is 15.7 Å². The summed E-state index contributed by atoms with van der Waals surface area (Å²) in [5, 5.41) is 11.8. The second-order valence-corrected chi connectivity index (χ2v) is 13.6. The zero-order valence-corrected chi connectivity index (χ0v) is 25.8. The lowest BCUT2D eigenvalue weighted by Crippen LogP contribution is -2.12. The number of rotatable bonds is 10. The number of aryl methyl sites for hydroxylation is 1. The first kappa shape index (κ1) is 29.5. The molecule has 0 atom stereocenters. The van der Waals surface area contributed by atoms with Crippen LogP contribution in [-0.4, -0.2) is 50.6 Å². The van der Waals surface area contributed by atoms with E-state index in [2.05, 4.69) is 48.7 Å². The minimum atomic E-state index is -3.18. The van der Waals surface area contributed by atoms with E-state index in [-0.39, 0.29) is 12.2 Å². The fourth-order valence-corrected chi connectivity index (χ4v) is 6.17. The predicted octanol–water partition coefficient (Wildman–Crippen LogP) is 6.25. The molecule has 230 valence electrons. The number of para-hydroxylation sites is 1. The normalized spacial score (nSPS) is 11.9. The standard InChI is InChI=1S/C35H30FN7O2S/c1-46(44,45)11-10-23-12-25(15-28(36)14-23)29-8-5-9-31-32(29)41-35(40-31)33-30-16-27(21-39-34(30)43-42-33)26-13-24(19-38-20-26)18-37-17-22-6-3-2-4-7-22/h2-9,12-16,19-21,37H,10-11,17-18H2,1H3,(H,40,41)(H,39,42,43). The number of benzene rings is 3. The molecular formula is C35H30FN7O2S. The molecule has 0 aliphatic heterocycles. The predicted molar refractivity (Wildman–Crippen MR) is 178 cm³/mol. The summed E-state index contributed by atoms with van der Waals surface area (Å²) in [5.74, 6) is 0.0770. The maximum absolute atomic E-state index is 14.7. The van der Waals surface area contributed by atoms with Crippen LogP contribution in [0.4, 0.5) is 4.39 Å². The van der Waals surface area contributed by atoms with Crippen molar-refractivity contribution in [2.75, 3.05) is 12.0 Å². The number of nitrogens with zero attached hydrogens (tertiary/aromatic N) is 4. The van der Waals surface area contributed by atoms with E-state index in [9.17, 15) is 12.8 Å². The van der Waals surface area contributed by atoms with Crippen LogP contribution in [0.2, 0.25) is 0 Å². The maximum atomic E-state index is 14.7. The molecule has 0 fully saturated rings. The highest BCUT2D eigenvalue weighted by molar-refractivity contribution is 7.90. The summed E-state index contributed by atoms with van der Waals surface area (Å²) in [6.07, 6.45) is 6.86. The Bertz CT molecular complexity index is 2300. The number of H-pyrrole nitrogens is 2. The summed E-state index contributed by atoms with van der Waals surface area (Å²) in [6.45, 7) is 1.44. The highest BCUT2D eigenvalue weighted by Gasteiger charge is 2.17. The molecule has 7 aromatic rings. The van der Waals surface area contributed by atoms with Gasteiger partial charge in [0.1, 0.15) is 21.3 Å². The molecule has 4 heterocycles. The number of hydrogen-bond donors (Lipinski definition) is 3. The number of halogens is 1. The number of aromatic nitrogens is 6. The van der Waals surface area contributed by atoms with Crippen molar-refractivity contribution in [3.05, 3.63) is 120 Å². The average Bonchev–Trinajstić information content (AvgIpc) is 3.68. The van der Waals surface area contributed by atoms with Gasteiger partial charge in [0.05, 0.1) is 22.2 Å². The highest BCUT2D eigenvalue weighted by Crippen LogP contribution is 2.33. The Balaban J connectivity index is 1.19. The van der Waals surface area contributed by atoms with Crippen molar-refractivity contribution < 1.29 is 12.8 Å². The van der Waals surface area contributed by atoms with Crippen molar-refractivity contribution in [2.45, 2.75) is 19.5 Å².